The SMILES string of the molecule is CCC(CC(C)O)N1C(=O)C=CC1=O.CCC(N)CC(C)O.O=C1C=CC(=O)O1. The molecule has 0 radical (unpaired) electrons. The molecule has 2 aliphatic rings. The summed E-state index contributed by atoms with van der Waals surface area (Å²) in [5.41, 5.74) is 5.51. The maximum Gasteiger partial charge on any atom is 0.338 e. The van der Waals surface area contributed by atoms with Gasteiger partial charge in [-0.25, -0.2) is 9.59 Å². The lowest BCUT2D eigenvalue weighted by Crippen LogP contribution is -2.41. The van der Waals surface area contributed by atoms with Gasteiger partial charge in [-0.15, -0.1) is 0 Å². The van der Waals surface area contributed by atoms with Crippen LogP contribution in [0.15, 0.2) is 24.3 Å². The van der Waals surface area contributed by atoms with Crippen LogP contribution in [0.25, 0.3) is 0 Å². The van der Waals surface area contributed by atoms with E-state index in [0.29, 0.717) is 12.8 Å². The molecule has 4 unspecified atom stereocenters. The van der Waals surface area contributed by atoms with Crippen molar-refractivity contribution >= 4 is 23.8 Å². The Kier molecular flexibility index (Phi) is 12.6. The summed E-state index contributed by atoms with van der Waals surface area (Å²) in [6.07, 6.45) is 6.75. The Hall–Kier alpha value is -2.36. The third kappa shape index (κ3) is 11.3. The minimum Gasteiger partial charge on any atom is -0.393 e. The summed E-state index contributed by atoms with van der Waals surface area (Å²) in [5.74, 6) is -1.71. The number of ether oxygens (including phenoxy) is 1. The predicted molar refractivity (Wildman–Crippen MR) is 106 cm³/mol. The Morgan fingerprint density at radius 2 is 1.31 bits per heavy atom. The van der Waals surface area contributed by atoms with E-state index in [-0.39, 0.29) is 30.0 Å². The van der Waals surface area contributed by atoms with Gasteiger partial charge in [0.1, 0.15) is 0 Å². The molecule has 0 fully saturated rings. The summed E-state index contributed by atoms with van der Waals surface area (Å²) in [5, 5.41) is 18.0. The van der Waals surface area contributed by atoms with E-state index in [2.05, 4.69) is 4.74 Å². The van der Waals surface area contributed by atoms with Crippen LogP contribution >= 0.6 is 0 Å². The number of hydrogen-bond donors (Lipinski definition) is 3. The molecule has 4 N–H and O–H groups in total. The fourth-order valence-corrected chi connectivity index (χ4v) is 2.53. The number of rotatable bonds is 7. The Morgan fingerprint density at radius 1 is 0.862 bits per heavy atom. The van der Waals surface area contributed by atoms with Gasteiger partial charge in [0.2, 0.25) is 0 Å². The monoisotopic (exact) mass is 412 g/mol. The molecule has 0 saturated carbocycles. The second-order valence-electron chi connectivity index (χ2n) is 6.85. The predicted octanol–water partition coefficient (Wildman–Crippen LogP) is 0.582. The Labute approximate surface area is 171 Å². The quantitative estimate of drug-likeness (QED) is 0.312. The van der Waals surface area contributed by atoms with Crippen LogP contribution in [0, 0.1) is 0 Å². The van der Waals surface area contributed by atoms with Crippen LogP contribution in [0.4, 0.5) is 0 Å². The number of nitrogens with two attached hydrogens (primary N) is 1. The standard InChI is InChI=1S/C10H15NO3.C6H15NO.C4H2O3/c1-3-8(6-7(2)12)11-9(13)4-5-10(11)14;1-3-6(7)4-5(2)8;5-3-1-2-4(6)7-3/h4-5,7-8,12H,3,6H2,1-2H3;5-6,8H,3-4,7H2,1-2H3;1-2H. The van der Waals surface area contributed by atoms with E-state index in [1.54, 1.807) is 13.8 Å². The van der Waals surface area contributed by atoms with E-state index in [1.165, 1.54) is 17.1 Å². The number of cyclic esters (lactones) is 2. The van der Waals surface area contributed by atoms with E-state index in [1.807, 2.05) is 13.8 Å². The normalized spacial score (nSPS) is 19.1. The maximum atomic E-state index is 11.3. The molecule has 9 nitrogen and oxygen atoms in total. The van der Waals surface area contributed by atoms with Crippen LogP contribution < -0.4 is 5.73 Å². The summed E-state index contributed by atoms with van der Waals surface area (Å²) in [6, 6.07) is -0.0139. The highest BCUT2D eigenvalue weighted by atomic mass is 16.6. The first kappa shape index (κ1) is 26.6. The molecule has 2 amide bonds. The molecule has 164 valence electrons. The summed E-state index contributed by atoms with van der Waals surface area (Å²) in [7, 11) is 0. The zero-order valence-electron chi connectivity index (χ0n) is 17.4. The van der Waals surface area contributed by atoms with Gasteiger partial charge in [-0.3, -0.25) is 14.5 Å². The van der Waals surface area contributed by atoms with Crippen LogP contribution in [-0.2, 0) is 23.9 Å². The van der Waals surface area contributed by atoms with Gasteiger partial charge in [-0.05, 0) is 39.5 Å². The summed E-state index contributed by atoms with van der Waals surface area (Å²) < 4.78 is 3.97. The number of carbonyl (C=O) groups is 4. The third-order valence-electron chi connectivity index (χ3n) is 4.02. The maximum absolute atomic E-state index is 11.3. The van der Waals surface area contributed by atoms with Gasteiger partial charge in [0, 0.05) is 36.4 Å². The van der Waals surface area contributed by atoms with Gasteiger partial charge in [0.05, 0.1) is 12.2 Å². The summed E-state index contributed by atoms with van der Waals surface area (Å²) in [4.78, 5) is 43.7. The lowest BCUT2D eigenvalue weighted by molar-refractivity contribution is -0.150. The fourth-order valence-electron chi connectivity index (χ4n) is 2.53. The number of esters is 2. The summed E-state index contributed by atoms with van der Waals surface area (Å²) in [6.45, 7) is 7.33. The van der Waals surface area contributed by atoms with Crippen LogP contribution in [0.5, 0.6) is 0 Å². The second kappa shape index (κ2) is 13.8. The molecule has 29 heavy (non-hydrogen) atoms. The highest BCUT2D eigenvalue weighted by molar-refractivity contribution is 6.13. The van der Waals surface area contributed by atoms with Gasteiger partial charge in [0.15, 0.2) is 0 Å². The van der Waals surface area contributed by atoms with Gasteiger partial charge in [-0.1, -0.05) is 13.8 Å². The average molecular weight is 412 g/mol. The lowest BCUT2D eigenvalue weighted by atomic mass is 10.1. The van der Waals surface area contributed by atoms with E-state index in [4.69, 9.17) is 10.8 Å². The molecule has 2 rings (SSSR count). The van der Waals surface area contributed by atoms with Crippen LogP contribution in [0.3, 0.4) is 0 Å². The van der Waals surface area contributed by atoms with Crippen molar-refractivity contribution < 1.29 is 34.1 Å². The Balaban J connectivity index is 0.000000444. The minimum atomic E-state index is -0.579. The van der Waals surface area contributed by atoms with E-state index in [9.17, 15) is 24.3 Å². The van der Waals surface area contributed by atoms with Crippen molar-refractivity contribution in [1.82, 2.24) is 4.90 Å². The van der Waals surface area contributed by atoms with Crippen molar-refractivity contribution in [3.63, 3.8) is 0 Å². The molecule has 0 bridgehead atoms. The number of hydrogen-bond acceptors (Lipinski definition) is 8. The number of amides is 2. The Morgan fingerprint density at radius 3 is 1.55 bits per heavy atom. The van der Waals surface area contributed by atoms with E-state index >= 15 is 0 Å². The van der Waals surface area contributed by atoms with Gasteiger partial charge in [-0.2, -0.15) is 0 Å². The second-order valence-corrected chi connectivity index (χ2v) is 6.85. The molecule has 9 heteroatoms. The fraction of sp³-hybridized carbons (Fsp3) is 0.600. The molecule has 0 aromatic carbocycles. The summed E-state index contributed by atoms with van der Waals surface area (Å²) >= 11 is 0. The number of imide groups is 1. The topological polar surface area (TPSA) is 147 Å². The van der Waals surface area contributed by atoms with Crippen LogP contribution in [-0.4, -0.2) is 63.2 Å². The van der Waals surface area contributed by atoms with Crippen LogP contribution in [0.2, 0.25) is 0 Å². The first-order valence-corrected chi connectivity index (χ1v) is 9.62. The molecule has 0 aromatic rings. The smallest absolute Gasteiger partial charge is 0.338 e. The Bertz CT molecular complexity index is 592. The van der Waals surface area contributed by atoms with Crippen molar-refractivity contribution in [2.75, 3.05) is 0 Å². The molecule has 0 spiro atoms. The van der Waals surface area contributed by atoms with Gasteiger partial charge >= 0.3 is 11.9 Å². The lowest BCUT2D eigenvalue weighted by Gasteiger charge is -2.25. The average Bonchev–Trinajstić information content (AvgIpc) is 3.17. The number of nitrogens with zero attached hydrogens (tertiary/aromatic N) is 1. The van der Waals surface area contributed by atoms with Crippen molar-refractivity contribution in [2.45, 2.75) is 77.7 Å². The molecule has 2 aliphatic heterocycles. The number of aliphatic hydroxyl groups excluding tert-OH is 2. The number of aliphatic hydroxyl groups is 2. The molecule has 0 aromatic heterocycles. The number of carbonyl (C=O) groups excluding carboxylic acids is 4. The largest absolute Gasteiger partial charge is 0.393 e. The van der Waals surface area contributed by atoms with Gasteiger partial charge in [0.25, 0.3) is 11.8 Å². The van der Waals surface area contributed by atoms with E-state index in [0.717, 1.165) is 25.0 Å². The van der Waals surface area contributed by atoms with E-state index < -0.39 is 18.0 Å². The molecule has 0 saturated heterocycles. The van der Waals surface area contributed by atoms with Gasteiger partial charge < -0.3 is 20.7 Å². The molecular weight excluding hydrogens is 380 g/mol. The molecule has 0 aliphatic carbocycles. The van der Waals surface area contributed by atoms with Crippen molar-refractivity contribution in [3.8, 4) is 0 Å². The van der Waals surface area contributed by atoms with Crippen LogP contribution in [0.1, 0.15) is 53.4 Å². The first-order valence-electron chi connectivity index (χ1n) is 9.62. The highest BCUT2D eigenvalue weighted by Gasteiger charge is 2.30. The van der Waals surface area contributed by atoms with Crippen molar-refractivity contribution in [1.29, 1.82) is 0 Å². The molecule has 2 heterocycles. The first-order chi connectivity index (χ1) is 13.5. The van der Waals surface area contributed by atoms with Crippen molar-refractivity contribution in [3.05, 3.63) is 24.3 Å². The third-order valence-corrected chi connectivity index (χ3v) is 4.02. The molecular formula is C20H32N2O7. The zero-order valence-corrected chi connectivity index (χ0v) is 17.4. The van der Waals surface area contributed by atoms with Crippen molar-refractivity contribution in [2.24, 2.45) is 5.73 Å². The highest BCUT2D eigenvalue weighted by Crippen LogP contribution is 2.16. The zero-order chi connectivity index (χ0) is 22.6. The minimum absolute atomic E-state index is 0.176. The molecule has 4 atom stereocenters.